The summed E-state index contributed by atoms with van der Waals surface area (Å²) in [5.41, 5.74) is 1.54. The molecule has 2 aromatic heterocycles. The molecule has 2 heterocycles. The van der Waals surface area contributed by atoms with E-state index in [1.54, 1.807) is 6.20 Å². The van der Waals surface area contributed by atoms with Crippen LogP contribution in [0.3, 0.4) is 0 Å². The topological polar surface area (TPSA) is 50.8 Å². The Hall–Kier alpha value is -1.42. The number of hydrogen-bond acceptors (Lipinski definition) is 3. The van der Waals surface area contributed by atoms with E-state index in [1.807, 2.05) is 32.9 Å². The van der Waals surface area contributed by atoms with Crippen molar-refractivity contribution in [1.82, 2.24) is 15.0 Å². The first-order chi connectivity index (χ1) is 7.04. The Bertz CT molecular complexity index is 423. The van der Waals surface area contributed by atoms with Gasteiger partial charge in [-0.25, -0.2) is 9.97 Å². The van der Waals surface area contributed by atoms with Crippen LogP contribution in [-0.2, 0) is 11.3 Å². The minimum Gasteiger partial charge on any atom is -0.368 e. The Morgan fingerprint density at radius 1 is 1.40 bits per heavy atom. The quantitative estimate of drug-likeness (QED) is 0.818. The van der Waals surface area contributed by atoms with Gasteiger partial charge in [0.05, 0.1) is 11.1 Å². The molecule has 4 nitrogen and oxygen atoms in total. The van der Waals surface area contributed by atoms with Crippen LogP contribution < -0.4 is 0 Å². The van der Waals surface area contributed by atoms with E-state index in [0.29, 0.717) is 6.61 Å². The third-order valence-corrected chi connectivity index (χ3v) is 1.95. The highest BCUT2D eigenvalue weighted by Crippen LogP contribution is 2.12. The van der Waals surface area contributed by atoms with Gasteiger partial charge in [0.15, 0.2) is 5.65 Å². The molecule has 0 spiro atoms. The second-order valence-corrected chi connectivity index (χ2v) is 4.46. The van der Waals surface area contributed by atoms with Gasteiger partial charge in [-0.1, -0.05) is 0 Å². The van der Waals surface area contributed by atoms with Gasteiger partial charge < -0.3 is 9.72 Å². The molecule has 0 unspecified atom stereocenters. The van der Waals surface area contributed by atoms with E-state index >= 15 is 0 Å². The summed E-state index contributed by atoms with van der Waals surface area (Å²) in [4.78, 5) is 11.6. The molecule has 0 aliphatic heterocycles. The zero-order chi connectivity index (χ0) is 10.9. The number of fused-ring (bicyclic) bond motifs is 1. The Morgan fingerprint density at radius 2 is 2.20 bits per heavy atom. The minimum absolute atomic E-state index is 0.146. The lowest BCUT2D eigenvalue weighted by Gasteiger charge is -2.18. The highest BCUT2D eigenvalue weighted by Gasteiger charge is 2.11. The van der Waals surface area contributed by atoms with E-state index < -0.39 is 0 Å². The van der Waals surface area contributed by atoms with E-state index in [2.05, 4.69) is 15.0 Å². The molecule has 4 heteroatoms. The Kier molecular flexibility index (Phi) is 2.44. The molecule has 0 saturated heterocycles. The van der Waals surface area contributed by atoms with Crippen LogP contribution in [-0.4, -0.2) is 20.6 Å². The maximum atomic E-state index is 5.62. The molecular formula is C11H15N3O. The third-order valence-electron chi connectivity index (χ3n) is 1.95. The summed E-state index contributed by atoms with van der Waals surface area (Å²) >= 11 is 0. The summed E-state index contributed by atoms with van der Waals surface area (Å²) in [6.07, 6.45) is 1.73. The lowest BCUT2D eigenvalue weighted by Crippen LogP contribution is -2.19. The monoisotopic (exact) mass is 205 g/mol. The summed E-state index contributed by atoms with van der Waals surface area (Å²) in [7, 11) is 0. The van der Waals surface area contributed by atoms with Gasteiger partial charge >= 0.3 is 0 Å². The molecule has 0 amide bonds. The van der Waals surface area contributed by atoms with Gasteiger partial charge in [-0.2, -0.15) is 0 Å². The summed E-state index contributed by atoms with van der Waals surface area (Å²) in [5.74, 6) is 0.818. The lowest BCUT2D eigenvalue weighted by molar-refractivity contribution is -0.0177. The second-order valence-electron chi connectivity index (χ2n) is 4.46. The number of rotatable bonds is 2. The smallest absolute Gasteiger partial charge is 0.177 e. The van der Waals surface area contributed by atoms with Crippen LogP contribution in [0, 0.1) is 0 Å². The minimum atomic E-state index is -0.146. The standard InChI is InChI=1S/C11H15N3O/c1-11(2,3)15-7-9-13-8-5-4-6-12-10(8)14-9/h4-6H,7H2,1-3H3,(H,12,13,14). The number of H-pyrrole nitrogens is 1. The molecule has 15 heavy (non-hydrogen) atoms. The van der Waals surface area contributed by atoms with Crippen molar-refractivity contribution < 1.29 is 4.74 Å². The molecule has 2 aromatic rings. The predicted octanol–water partition coefficient (Wildman–Crippen LogP) is 2.27. The van der Waals surface area contributed by atoms with Crippen LogP contribution in [0.15, 0.2) is 18.3 Å². The van der Waals surface area contributed by atoms with Gasteiger partial charge in [-0.15, -0.1) is 0 Å². The van der Waals surface area contributed by atoms with Crippen LogP contribution in [0.4, 0.5) is 0 Å². The van der Waals surface area contributed by atoms with Crippen molar-refractivity contribution in [2.24, 2.45) is 0 Å². The maximum Gasteiger partial charge on any atom is 0.177 e. The van der Waals surface area contributed by atoms with E-state index in [-0.39, 0.29) is 5.60 Å². The van der Waals surface area contributed by atoms with Gasteiger partial charge in [-0.05, 0) is 32.9 Å². The fourth-order valence-electron chi connectivity index (χ4n) is 1.25. The van der Waals surface area contributed by atoms with Crippen molar-refractivity contribution in [2.75, 3.05) is 0 Å². The summed E-state index contributed by atoms with van der Waals surface area (Å²) < 4.78 is 5.62. The van der Waals surface area contributed by atoms with Gasteiger partial charge in [0.2, 0.25) is 0 Å². The SMILES string of the molecule is CC(C)(C)OCc1nc2ncccc2[nH]1. The summed E-state index contributed by atoms with van der Waals surface area (Å²) in [6.45, 7) is 6.55. The van der Waals surface area contributed by atoms with E-state index in [0.717, 1.165) is 17.0 Å². The highest BCUT2D eigenvalue weighted by molar-refractivity contribution is 5.69. The van der Waals surface area contributed by atoms with Gasteiger partial charge in [-0.3, -0.25) is 0 Å². The molecule has 0 atom stereocenters. The molecule has 0 aromatic carbocycles. The van der Waals surface area contributed by atoms with Crippen molar-refractivity contribution in [3.05, 3.63) is 24.2 Å². The zero-order valence-corrected chi connectivity index (χ0v) is 9.24. The van der Waals surface area contributed by atoms with E-state index in [9.17, 15) is 0 Å². The van der Waals surface area contributed by atoms with Crippen molar-refractivity contribution in [3.63, 3.8) is 0 Å². The average Bonchev–Trinajstić information content (AvgIpc) is 2.56. The summed E-state index contributed by atoms with van der Waals surface area (Å²) in [5, 5.41) is 0. The molecule has 80 valence electrons. The van der Waals surface area contributed by atoms with Gasteiger partial charge in [0.1, 0.15) is 12.4 Å². The Labute approximate surface area is 88.7 Å². The first-order valence-electron chi connectivity index (χ1n) is 4.98. The number of aromatic nitrogens is 3. The van der Waals surface area contributed by atoms with Crippen molar-refractivity contribution >= 4 is 11.2 Å². The van der Waals surface area contributed by atoms with E-state index in [4.69, 9.17) is 4.74 Å². The first kappa shape index (κ1) is 10.1. The van der Waals surface area contributed by atoms with Crippen LogP contribution in [0.2, 0.25) is 0 Å². The average molecular weight is 205 g/mol. The molecule has 1 N–H and O–H groups in total. The number of hydrogen-bond donors (Lipinski definition) is 1. The number of pyridine rings is 1. The predicted molar refractivity (Wildman–Crippen MR) is 58.4 cm³/mol. The van der Waals surface area contributed by atoms with E-state index in [1.165, 1.54) is 0 Å². The van der Waals surface area contributed by atoms with Gasteiger partial charge in [0.25, 0.3) is 0 Å². The largest absolute Gasteiger partial charge is 0.368 e. The molecule has 2 rings (SSSR count). The van der Waals surface area contributed by atoms with Gasteiger partial charge in [0, 0.05) is 6.20 Å². The third kappa shape index (κ3) is 2.53. The van der Waals surface area contributed by atoms with Crippen molar-refractivity contribution in [3.8, 4) is 0 Å². The number of ether oxygens (including phenoxy) is 1. The Balaban J connectivity index is 2.16. The molecule has 0 saturated carbocycles. The maximum absolute atomic E-state index is 5.62. The van der Waals surface area contributed by atoms with Crippen LogP contribution >= 0.6 is 0 Å². The first-order valence-corrected chi connectivity index (χ1v) is 4.98. The lowest BCUT2D eigenvalue weighted by atomic mass is 10.2. The molecular weight excluding hydrogens is 190 g/mol. The van der Waals surface area contributed by atoms with Crippen molar-refractivity contribution in [2.45, 2.75) is 33.0 Å². The summed E-state index contributed by atoms with van der Waals surface area (Å²) in [6, 6.07) is 3.84. The molecule has 0 radical (unpaired) electrons. The van der Waals surface area contributed by atoms with Crippen LogP contribution in [0.25, 0.3) is 11.2 Å². The fourth-order valence-corrected chi connectivity index (χ4v) is 1.25. The normalized spacial score (nSPS) is 12.2. The molecule has 0 bridgehead atoms. The molecule has 0 aliphatic carbocycles. The highest BCUT2D eigenvalue weighted by atomic mass is 16.5. The number of imidazole rings is 1. The van der Waals surface area contributed by atoms with Crippen molar-refractivity contribution in [1.29, 1.82) is 0 Å². The number of nitrogens with zero attached hydrogens (tertiary/aromatic N) is 2. The molecule has 0 aliphatic rings. The second kappa shape index (κ2) is 3.62. The number of aromatic amines is 1. The zero-order valence-electron chi connectivity index (χ0n) is 9.24. The fraction of sp³-hybridized carbons (Fsp3) is 0.455. The Morgan fingerprint density at radius 3 is 2.87 bits per heavy atom. The van der Waals surface area contributed by atoms with Crippen LogP contribution in [0.1, 0.15) is 26.6 Å². The number of nitrogens with one attached hydrogen (secondary N) is 1. The van der Waals surface area contributed by atoms with Crippen LogP contribution in [0.5, 0.6) is 0 Å². The molecule has 0 fully saturated rings.